The molecule has 0 amide bonds. The molecule has 0 saturated heterocycles. The van der Waals surface area contributed by atoms with Crippen LogP contribution in [0.2, 0.25) is 0 Å². The van der Waals surface area contributed by atoms with Gasteiger partial charge in [0.15, 0.2) is 0 Å². The summed E-state index contributed by atoms with van der Waals surface area (Å²) in [4.78, 5) is 10.0. The van der Waals surface area contributed by atoms with E-state index in [1.54, 1.807) is 18.4 Å². The Labute approximate surface area is 114 Å². The van der Waals surface area contributed by atoms with Crippen LogP contribution in [0, 0.1) is 10.1 Å². The van der Waals surface area contributed by atoms with Gasteiger partial charge in [-0.05, 0) is 25.1 Å². The van der Waals surface area contributed by atoms with Gasteiger partial charge in [-0.1, -0.05) is 0 Å². The average Bonchev–Trinajstić information content (AvgIpc) is 2.38. The molecule has 0 aliphatic heterocycles. The number of benzene rings is 1. The predicted octanol–water partition coefficient (Wildman–Crippen LogP) is 1.33. The summed E-state index contributed by atoms with van der Waals surface area (Å²) in [5.74, 6) is 1.32. The lowest BCUT2D eigenvalue weighted by atomic mass is 10.3. The van der Waals surface area contributed by atoms with Crippen LogP contribution in [-0.4, -0.2) is 40.8 Å². The lowest BCUT2D eigenvalue weighted by molar-refractivity contribution is -0.384. The van der Waals surface area contributed by atoms with E-state index >= 15 is 0 Å². The van der Waals surface area contributed by atoms with Crippen molar-refractivity contribution < 1.29 is 13.9 Å². The molecule has 0 aromatic heterocycles. The first-order chi connectivity index (χ1) is 9.09. The van der Waals surface area contributed by atoms with Crippen LogP contribution in [-0.2, 0) is 10.8 Å². The molecule has 19 heavy (non-hydrogen) atoms. The minimum atomic E-state index is -0.735. The number of non-ortho nitro benzene ring substituents is 1. The van der Waals surface area contributed by atoms with E-state index in [1.165, 1.54) is 12.1 Å². The Morgan fingerprint density at radius 1 is 1.32 bits per heavy atom. The van der Waals surface area contributed by atoms with Crippen molar-refractivity contribution in [3.8, 4) is 5.75 Å². The highest BCUT2D eigenvalue weighted by molar-refractivity contribution is 7.84. The quantitative estimate of drug-likeness (QED) is 0.421. The molecular formula is C12H18N2O4S. The van der Waals surface area contributed by atoms with E-state index in [9.17, 15) is 14.3 Å². The summed E-state index contributed by atoms with van der Waals surface area (Å²) in [6, 6.07) is 6.00. The fraction of sp³-hybridized carbons (Fsp3) is 0.500. The predicted molar refractivity (Wildman–Crippen MR) is 75.0 cm³/mol. The molecule has 1 rings (SSSR count). The highest BCUT2D eigenvalue weighted by Crippen LogP contribution is 2.16. The maximum atomic E-state index is 10.8. The molecule has 0 heterocycles. The zero-order valence-corrected chi connectivity index (χ0v) is 11.6. The molecule has 1 atom stereocenters. The summed E-state index contributed by atoms with van der Waals surface area (Å²) in [6.07, 6.45) is 2.57. The molecule has 0 radical (unpaired) electrons. The van der Waals surface area contributed by atoms with Gasteiger partial charge in [-0.3, -0.25) is 14.3 Å². The first kappa shape index (κ1) is 15.6. The maximum absolute atomic E-state index is 10.8. The summed E-state index contributed by atoms with van der Waals surface area (Å²) in [7, 11) is -0.735. The van der Waals surface area contributed by atoms with Crippen LogP contribution in [0.3, 0.4) is 0 Å². The second kappa shape index (κ2) is 8.60. The molecular weight excluding hydrogens is 268 g/mol. The minimum absolute atomic E-state index is 0.0537. The van der Waals surface area contributed by atoms with Crippen molar-refractivity contribution in [1.82, 2.24) is 5.32 Å². The van der Waals surface area contributed by atoms with Gasteiger partial charge in [0.25, 0.3) is 5.69 Å². The fourth-order valence-corrected chi connectivity index (χ4v) is 1.98. The van der Waals surface area contributed by atoms with Gasteiger partial charge in [0.05, 0.1) is 4.92 Å². The van der Waals surface area contributed by atoms with Crippen molar-refractivity contribution in [2.75, 3.05) is 31.7 Å². The van der Waals surface area contributed by atoms with Crippen molar-refractivity contribution in [2.24, 2.45) is 0 Å². The van der Waals surface area contributed by atoms with Crippen molar-refractivity contribution in [2.45, 2.75) is 6.42 Å². The van der Waals surface area contributed by atoms with Gasteiger partial charge in [0.1, 0.15) is 12.4 Å². The van der Waals surface area contributed by atoms with Crippen LogP contribution >= 0.6 is 0 Å². The van der Waals surface area contributed by atoms with Crippen molar-refractivity contribution in [3.05, 3.63) is 34.4 Å². The SMILES string of the molecule is CS(=O)CCCNCCOc1ccc([N+](=O)[O-])cc1. The Bertz CT molecular complexity index is 422. The van der Waals surface area contributed by atoms with Crippen LogP contribution < -0.4 is 10.1 Å². The van der Waals surface area contributed by atoms with Gasteiger partial charge in [0, 0.05) is 41.5 Å². The monoisotopic (exact) mass is 286 g/mol. The van der Waals surface area contributed by atoms with Gasteiger partial charge in [-0.25, -0.2) is 0 Å². The number of hydrogen-bond donors (Lipinski definition) is 1. The molecule has 0 aliphatic rings. The second-order valence-electron chi connectivity index (χ2n) is 3.98. The third kappa shape index (κ3) is 6.88. The molecule has 6 nitrogen and oxygen atoms in total. The molecule has 0 bridgehead atoms. The molecule has 1 N–H and O–H groups in total. The number of ether oxygens (including phenoxy) is 1. The van der Waals surface area contributed by atoms with Gasteiger partial charge in [-0.15, -0.1) is 0 Å². The molecule has 1 aromatic rings. The van der Waals surface area contributed by atoms with E-state index in [2.05, 4.69) is 5.32 Å². The van der Waals surface area contributed by atoms with Crippen LogP contribution in [0.5, 0.6) is 5.75 Å². The molecule has 0 fully saturated rings. The minimum Gasteiger partial charge on any atom is -0.492 e. The summed E-state index contributed by atoms with van der Waals surface area (Å²) in [6.45, 7) is 1.99. The standard InChI is InChI=1S/C12H18N2O4S/c1-19(17)10-2-7-13-8-9-18-12-5-3-11(4-6-12)14(15)16/h3-6,13H,2,7-10H2,1H3. The number of nitro benzene ring substituents is 1. The number of nitro groups is 1. The second-order valence-corrected chi connectivity index (χ2v) is 5.53. The third-order valence-corrected chi connectivity index (χ3v) is 3.24. The molecule has 1 aromatic carbocycles. The zero-order valence-electron chi connectivity index (χ0n) is 10.8. The van der Waals surface area contributed by atoms with Crippen LogP contribution in [0.15, 0.2) is 24.3 Å². The van der Waals surface area contributed by atoms with Crippen molar-refractivity contribution in [1.29, 1.82) is 0 Å². The number of hydrogen-bond acceptors (Lipinski definition) is 5. The molecule has 1 unspecified atom stereocenters. The van der Waals surface area contributed by atoms with Gasteiger partial charge in [0.2, 0.25) is 0 Å². The number of rotatable bonds is 9. The maximum Gasteiger partial charge on any atom is 0.269 e. The average molecular weight is 286 g/mol. The van der Waals surface area contributed by atoms with E-state index in [4.69, 9.17) is 4.74 Å². The Balaban J connectivity index is 2.12. The Hall–Kier alpha value is -1.47. The van der Waals surface area contributed by atoms with Crippen molar-refractivity contribution in [3.63, 3.8) is 0 Å². The zero-order chi connectivity index (χ0) is 14.1. The van der Waals surface area contributed by atoms with E-state index < -0.39 is 15.7 Å². The molecule has 0 aliphatic carbocycles. The Kier molecular flexibility index (Phi) is 7.06. The first-order valence-corrected chi connectivity index (χ1v) is 7.70. The number of nitrogens with zero attached hydrogens (tertiary/aromatic N) is 1. The lowest BCUT2D eigenvalue weighted by Crippen LogP contribution is -2.23. The van der Waals surface area contributed by atoms with E-state index in [0.717, 1.165) is 13.0 Å². The Morgan fingerprint density at radius 3 is 2.58 bits per heavy atom. The summed E-state index contributed by atoms with van der Waals surface area (Å²) in [5, 5.41) is 13.6. The first-order valence-electron chi connectivity index (χ1n) is 5.97. The number of nitrogens with one attached hydrogen (secondary N) is 1. The molecule has 0 spiro atoms. The largest absolute Gasteiger partial charge is 0.492 e. The fourth-order valence-electron chi connectivity index (χ4n) is 1.43. The smallest absolute Gasteiger partial charge is 0.269 e. The van der Waals surface area contributed by atoms with Crippen molar-refractivity contribution >= 4 is 16.5 Å². The van der Waals surface area contributed by atoms with Crippen LogP contribution in [0.4, 0.5) is 5.69 Å². The van der Waals surface area contributed by atoms with E-state index in [1.807, 2.05) is 0 Å². The summed E-state index contributed by atoms with van der Waals surface area (Å²) >= 11 is 0. The van der Waals surface area contributed by atoms with Gasteiger partial charge >= 0.3 is 0 Å². The normalized spacial score (nSPS) is 12.1. The molecule has 7 heteroatoms. The summed E-state index contributed by atoms with van der Waals surface area (Å²) in [5.41, 5.74) is 0.0537. The summed E-state index contributed by atoms with van der Waals surface area (Å²) < 4.78 is 16.2. The lowest BCUT2D eigenvalue weighted by Gasteiger charge is -2.07. The highest BCUT2D eigenvalue weighted by atomic mass is 32.2. The topological polar surface area (TPSA) is 81.5 Å². The molecule has 106 valence electrons. The van der Waals surface area contributed by atoms with Crippen LogP contribution in [0.25, 0.3) is 0 Å². The highest BCUT2D eigenvalue weighted by Gasteiger charge is 2.03. The van der Waals surface area contributed by atoms with Crippen LogP contribution in [0.1, 0.15) is 6.42 Å². The third-order valence-electron chi connectivity index (χ3n) is 2.38. The van der Waals surface area contributed by atoms with Gasteiger partial charge < -0.3 is 10.1 Å². The Morgan fingerprint density at radius 2 is 2.00 bits per heavy atom. The van der Waals surface area contributed by atoms with E-state index in [0.29, 0.717) is 24.7 Å². The van der Waals surface area contributed by atoms with E-state index in [-0.39, 0.29) is 5.69 Å². The molecule has 0 saturated carbocycles. The van der Waals surface area contributed by atoms with Gasteiger partial charge in [-0.2, -0.15) is 0 Å².